The van der Waals surface area contributed by atoms with E-state index in [0.717, 1.165) is 31.3 Å². The zero-order valence-corrected chi connectivity index (χ0v) is 14.8. The maximum Gasteiger partial charge on any atom is 0.191 e. The lowest BCUT2D eigenvalue weighted by Crippen LogP contribution is -2.38. The van der Waals surface area contributed by atoms with Crippen LogP contribution in [0.3, 0.4) is 0 Å². The Labute approximate surface area is 140 Å². The van der Waals surface area contributed by atoms with Crippen molar-refractivity contribution in [2.45, 2.75) is 59.0 Å². The van der Waals surface area contributed by atoms with Crippen LogP contribution >= 0.6 is 0 Å². The van der Waals surface area contributed by atoms with E-state index < -0.39 is 0 Å². The normalized spacial score (nSPS) is 15.7. The van der Waals surface area contributed by atoms with Crippen LogP contribution in [0.4, 0.5) is 0 Å². The van der Waals surface area contributed by atoms with E-state index in [4.69, 9.17) is 0 Å². The number of nitrogens with zero attached hydrogens (tertiary/aromatic N) is 3. The van der Waals surface area contributed by atoms with E-state index >= 15 is 0 Å². The van der Waals surface area contributed by atoms with Gasteiger partial charge in [-0.1, -0.05) is 25.5 Å². The second-order valence-corrected chi connectivity index (χ2v) is 6.60. The second-order valence-electron chi connectivity index (χ2n) is 6.60. The summed E-state index contributed by atoms with van der Waals surface area (Å²) in [4.78, 5) is 8.74. The Morgan fingerprint density at radius 1 is 1.35 bits per heavy atom. The van der Waals surface area contributed by atoms with Crippen molar-refractivity contribution >= 4 is 5.96 Å². The third-order valence-corrected chi connectivity index (χ3v) is 4.12. The first-order valence-corrected chi connectivity index (χ1v) is 8.81. The average Bonchev–Trinajstić information content (AvgIpc) is 2.98. The fourth-order valence-electron chi connectivity index (χ4n) is 2.92. The van der Waals surface area contributed by atoms with Gasteiger partial charge in [0.05, 0.1) is 6.54 Å². The summed E-state index contributed by atoms with van der Waals surface area (Å²) in [7, 11) is 1.82. The number of aromatic nitrogens is 2. The van der Waals surface area contributed by atoms with Crippen LogP contribution in [0.15, 0.2) is 29.0 Å². The van der Waals surface area contributed by atoms with Crippen molar-refractivity contribution in [1.82, 2.24) is 20.2 Å². The molecule has 0 radical (unpaired) electrons. The summed E-state index contributed by atoms with van der Waals surface area (Å²) in [5, 5.41) is 6.76. The van der Waals surface area contributed by atoms with Gasteiger partial charge in [0.25, 0.3) is 0 Å². The van der Waals surface area contributed by atoms with Gasteiger partial charge in [-0.3, -0.25) is 4.99 Å². The molecule has 5 nitrogen and oxygen atoms in total. The molecule has 0 aliphatic heterocycles. The maximum absolute atomic E-state index is 4.44. The summed E-state index contributed by atoms with van der Waals surface area (Å²) in [5.74, 6) is 2.52. The Bertz CT molecular complexity index is 527. The molecule has 0 unspecified atom stereocenters. The first kappa shape index (κ1) is 17.6. The Balaban J connectivity index is 1.74. The quantitative estimate of drug-likeness (QED) is 0.461. The number of guanidine groups is 1. The van der Waals surface area contributed by atoms with Gasteiger partial charge in [0.2, 0.25) is 0 Å². The fraction of sp³-hybridized carbons (Fsp3) is 0.667. The summed E-state index contributed by atoms with van der Waals surface area (Å²) < 4.78 is 2.21. The van der Waals surface area contributed by atoms with Crippen molar-refractivity contribution in [2.24, 2.45) is 10.9 Å². The minimum atomic E-state index is 0.615. The molecule has 23 heavy (non-hydrogen) atoms. The molecule has 1 aromatic rings. The molecule has 128 valence electrons. The van der Waals surface area contributed by atoms with Gasteiger partial charge in [0.1, 0.15) is 5.82 Å². The standard InChI is InChI=1S/C18H31N5/c1-15(2)14-23-12-11-20-17(23)13-22-18(19-3)21-10-9-16-7-5-4-6-8-16/h7,11-12,15H,4-6,8-10,13-14H2,1-3H3,(H2,19,21,22). The van der Waals surface area contributed by atoms with Crippen molar-refractivity contribution < 1.29 is 0 Å². The minimum absolute atomic E-state index is 0.615. The number of hydrogen-bond donors (Lipinski definition) is 2. The molecule has 0 bridgehead atoms. The molecular formula is C18H31N5. The Hall–Kier alpha value is -1.78. The third-order valence-electron chi connectivity index (χ3n) is 4.12. The molecule has 0 fully saturated rings. The fourth-order valence-corrected chi connectivity index (χ4v) is 2.92. The van der Waals surface area contributed by atoms with E-state index in [0.29, 0.717) is 12.5 Å². The maximum atomic E-state index is 4.44. The zero-order chi connectivity index (χ0) is 16.5. The van der Waals surface area contributed by atoms with Crippen molar-refractivity contribution in [3.63, 3.8) is 0 Å². The van der Waals surface area contributed by atoms with Crippen LogP contribution in [0.25, 0.3) is 0 Å². The van der Waals surface area contributed by atoms with Gasteiger partial charge in [0, 0.05) is 32.5 Å². The lowest BCUT2D eigenvalue weighted by atomic mass is 9.97. The highest BCUT2D eigenvalue weighted by atomic mass is 15.2. The molecule has 1 heterocycles. The van der Waals surface area contributed by atoms with Crippen molar-refractivity contribution in [2.75, 3.05) is 13.6 Å². The van der Waals surface area contributed by atoms with Crippen LogP contribution in [0.2, 0.25) is 0 Å². The van der Waals surface area contributed by atoms with Crippen LogP contribution in [-0.4, -0.2) is 29.1 Å². The highest BCUT2D eigenvalue weighted by molar-refractivity contribution is 5.79. The summed E-state index contributed by atoms with van der Waals surface area (Å²) in [5.41, 5.74) is 1.59. The van der Waals surface area contributed by atoms with Crippen LogP contribution < -0.4 is 10.6 Å². The third kappa shape index (κ3) is 6.08. The first-order valence-electron chi connectivity index (χ1n) is 8.81. The predicted octanol–water partition coefficient (Wildman–Crippen LogP) is 3.09. The van der Waals surface area contributed by atoms with E-state index in [-0.39, 0.29) is 0 Å². The van der Waals surface area contributed by atoms with Gasteiger partial charge in [-0.15, -0.1) is 0 Å². The molecule has 0 amide bonds. The predicted molar refractivity (Wildman–Crippen MR) is 96.4 cm³/mol. The topological polar surface area (TPSA) is 54.2 Å². The molecule has 0 saturated carbocycles. The first-order chi connectivity index (χ1) is 11.2. The molecule has 0 atom stereocenters. The van der Waals surface area contributed by atoms with Crippen molar-refractivity contribution in [3.8, 4) is 0 Å². The van der Waals surface area contributed by atoms with E-state index in [1.807, 2.05) is 19.4 Å². The van der Waals surface area contributed by atoms with Crippen molar-refractivity contribution in [3.05, 3.63) is 29.9 Å². The van der Waals surface area contributed by atoms with Gasteiger partial charge < -0.3 is 15.2 Å². The molecular weight excluding hydrogens is 286 g/mol. The molecule has 0 spiro atoms. The molecule has 0 saturated heterocycles. The van der Waals surface area contributed by atoms with E-state index in [2.05, 4.69) is 45.1 Å². The molecule has 2 N–H and O–H groups in total. The lowest BCUT2D eigenvalue weighted by molar-refractivity contribution is 0.503. The summed E-state index contributed by atoms with van der Waals surface area (Å²) in [6, 6.07) is 0. The number of rotatable bonds is 7. The number of allylic oxidation sites excluding steroid dienone is 1. The van der Waals surface area contributed by atoms with E-state index in [1.54, 1.807) is 5.57 Å². The zero-order valence-electron chi connectivity index (χ0n) is 14.8. The number of imidazole rings is 1. The Kier molecular flexibility index (Phi) is 7.17. The summed E-state index contributed by atoms with van der Waals surface area (Å²) in [6.45, 7) is 7.07. The number of hydrogen-bond acceptors (Lipinski definition) is 2. The monoisotopic (exact) mass is 317 g/mol. The largest absolute Gasteiger partial charge is 0.356 e. The van der Waals surface area contributed by atoms with E-state index in [1.165, 1.54) is 25.7 Å². The second kappa shape index (κ2) is 9.38. The van der Waals surface area contributed by atoms with Crippen LogP contribution in [0, 0.1) is 5.92 Å². The molecule has 1 aromatic heterocycles. The lowest BCUT2D eigenvalue weighted by Gasteiger charge is -2.16. The highest BCUT2D eigenvalue weighted by Gasteiger charge is 2.07. The molecule has 1 aliphatic rings. The molecule has 2 rings (SSSR count). The molecule has 5 heteroatoms. The average molecular weight is 317 g/mol. The minimum Gasteiger partial charge on any atom is -0.356 e. The number of aliphatic imine (C=N–C) groups is 1. The van der Waals surface area contributed by atoms with E-state index in [9.17, 15) is 0 Å². The highest BCUT2D eigenvalue weighted by Crippen LogP contribution is 2.19. The van der Waals surface area contributed by atoms with Gasteiger partial charge in [-0.2, -0.15) is 0 Å². The van der Waals surface area contributed by atoms with Gasteiger partial charge in [-0.25, -0.2) is 4.98 Å². The number of nitrogens with one attached hydrogen (secondary N) is 2. The molecule has 0 aromatic carbocycles. The summed E-state index contributed by atoms with van der Waals surface area (Å²) >= 11 is 0. The Morgan fingerprint density at radius 2 is 2.22 bits per heavy atom. The SMILES string of the molecule is CN=C(NCCC1=CCCCC1)NCc1nccn1CC(C)C. The van der Waals surface area contributed by atoms with Gasteiger partial charge >= 0.3 is 0 Å². The summed E-state index contributed by atoms with van der Waals surface area (Å²) in [6.07, 6.45) is 12.6. The van der Waals surface area contributed by atoms with Crippen LogP contribution in [0.1, 0.15) is 51.8 Å². The van der Waals surface area contributed by atoms with Crippen LogP contribution in [0.5, 0.6) is 0 Å². The van der Waals surface area contributed by atoms with Gasteiger partial charge in [0.15, 0.2) is 5.96 Å². The van der Waals surface area contributed by atoms with Crippen molar-refractivity contribution in [1.29, 1.82) is 0 Å². The van der Waals surface area contributed by atoms with Gasteiger partial charge in [-0.05, 0) is 38.0 Å². The smallest absolute Gasteiger partial charge is 0.191 e. The van der Waals surface area contributed by atoms with Crippen LogP contribution in [-0.2, 0) is 13.1 Å². The Morgan fingerprint density at radius 3 is 2.91 bits per heavy atom. The molecule has 1 aliphatic carbocycles.